The number of rotatable bonds is 5. The molecule has 0 aliphatic rings. The molecule has 1 unspecified atom stereocenters. The third-order valence-electron chi connectivity index (χ3n) is 3.01. The fourth-order valence-corrected chi connectivity index (χ4v) is 1.90. The Balaban J connectivity index is 2.24. The molecule has 0 radical (unpaired) electrons. The van der Waals surface area contributed by atoms with E-state index in [4.69, 9.17) is 4.74 Å². The minimum absolute atomic E-state index is 0.127. The van der Waals surface area contributed by atoms with Crippen LogP contribution in [0.1, 0.15) is 18.5 Å². The number of nitrogens with zero attached hydrogens (tertiary/aromatic N) is 2. The van der Waals surface area contributed by atoms with Gasteiger partial charge in [-0.25, -0.2) is 9.37 Å². The molecule has 0 bridgehead atoms. The zero-order chi connectivity index (χ0) is 15.4. The number of hydrogen-bond acceptors (Lipinski definition) is 5. The van der Waals surface area contributed by atoms with Crippen LogP contribution in [0.25, 0.3) is 0 Å². The van der Waals surface area contributed by atoms with Crippen LogP contribution in [0.3, 0.4) is 0 Å². The SMILES string of the molecule is COc1ccc(C(C)Nc2ncccc2[N+](=O)[O-])cc1F. The molecule has 0 spiro atoms. The summed E-state index contributed by atoms with van der Waals surface area (Å²) >= 11 is 0. The smallest absolute Gasteiger partial charge is 0.311 e. The molecule has 1 atom stereocenters. The van der Waals surface area contributed by atoms with Crippen LogP contribution >= 0.6 is 0 Å². The van der Waals surface area contributed by atoms with E-state index in [2.05, 4.69) is 10.3 Å². The molecule has 0 aliphatic carbocycles. The fraction of sp³-hybridized carbons (Fsp3) is 0.214. The van der Waals surface area contributed by atoms with Gasteiger partial charge in [-0.3, -0.25) is 10.1 Å². The maximum absolute atomic E-state index is 13.7. The minimum atomic E-state index is -0.517. The first kappa shape index (κ1) is 14.7. The van der Waals surface area contributed by atoms with Gasteiger partial charge in [0.05, 0.1) is 18.1 Å². The van der Waals surface area contributed by atoms with E-state index in [1.54, 1.807) is 13.0 Å². The molecule has 1 aromatic carbocycles. The van der Waals surface area contributed by atoms with Gasteiger partial charge >= 0.3 is 5.69 Å². The van der Waals surface area contributed by atoms with Gasteiger partial charge in [-0.15, -0.1) is 0 Å². The van der Waals surface area contributed by atoms with Crippen LogP contribution in [0.15, 0.2) is 36.5 Å². The number of hydrogen-bond donors (Lipinski definition) is 1. The predicted molar refractivity (Wildman–Crippen MR) is 75.9 cm³/mol. The lowest BCUT2D eigenvalue weighted by atomic mass is 10.1. The Morgan fingerprint density at radius 2 is 2.19 bits per heavy atom. The van der Waals surface area contributed by atoms with E-state index < -0.39 is 10.7 Å². The summed E-state index contributed by atoms with van der Waals surface area (Å²) in [5.74, 6) is -0.194. The lowest BCUT2D eigenvalue weighted by Crippen LogP contribution is -2.10. The number of benzene rings is 1. The van der Waals surface area contributed by atoms with Crippen molar-refractivity contribution in [3.05, 3.63) is 58.0 Å². The normalized spacial score (nSPS) is 11.8. The van der Waals surface area contributed by atoms with Gasteiger partial charge < -0.3 is 10.1 Å². The highest BCUT2D eigenvalue weighted by Gasteiger charge is 2.17. The number of nitro groups is 1. The zero-order valence-corrected chi connectivity index (χ0v) is 11.5. The Hall–Kier alpha value is -2.70. The third-order valence-corrected chi connectivity index (χ3v) is 3.01. The van der Waals surface area contributed by atoms with Crippen LogP contribution in [0.4, 0.5) is 15.9 Å². The van der Waals surface area contributed by atoms with Crippen molar-refractivity contribution < 1.29 is 14.1 Å². The maximum atomic E-state index is 13.7. The number of methoxy groups -OCH3 is 1. The van der Waals surface area contributed by atoms with Gasteiger partial charge in [-0.2, -0.15) is 0 Å². The Morgan fingerprint density at radius 3 is 2.81 bits per heavy atom. The first-order valence-electron chi connectivity index (χ1n) is 6.22. The Kier molecular flexibility index (Phi) is 4.32. The highest BCUT2D eigenvalue weighted by atomic mass is 19.1. The second-order valence-electron chi connectivity index (χ2n) is 4.39. The number of anilines is 1. The topological polar surface area (TPSA) is 77.3 Å². The van der Waals surface area contributed by atoms with Gasteiger partial charge in [0.2, 0.25) is 5.82 Å². The molecule has 1 N–H and O–H groups in total. The van der Waals surface area contributed by atoms with Gasteiger partial charge in [-0.05, 0) is 30.7 Å². The lowest BCUT2D eigenvalue weighted by molar-refractivity contribution is -0.384. The number of nitrogens with one attached hydrogen (secondary N) is 1. The second kappa shape index (κ2) is 6.17. The molecule has 7 heteroatoms. The molecular weight excluding hydrogens is 277 g/mol. The molecule has 6 nitrogen and oxygen atoms in total. The van der Waals surface area contributed by atoms with Crippen LogP contribution in [0, 0.1) is 15.9 Å². The van der Waals surface area contributed by atoms with Crippen LogP contribution < -0.4 is 10.1 Å². The summed E-state index contributed by atoms with van der Waals surface area (Å²) in [7, 11) is 1.39. The van der Waals surface area contributed by atoms with Crippen molar-refractivity contribution >= 4 is 11.5 Å². The molecular formula is C14H14FN3O3. The molecule has 0 aliphatic heterocycles. The maximum Gasteiger partial charge on any atom is 0.311 e. The van der Waals surface area contributed by atoms with E-state index in [0.29, 0.717) is 5.56 Å². The summed E-state index contributed by atoms with van der Waals surface area (Å²) in [6, 6.07) is 7.02. The first-order chi connectivity index (χ1) is 10.0. The van der Waals surface area contributed by atoms with E-state index in [-0.39, 0.29) is 23.3 Å². The summed E-state index contributed by atoms with van der Waals surface area (Å²) in [5.41, 5.74) is 0.506. The van der Waals surface area contributed by atoms with E-state index in [1.165, 1.54) is 37.6 Å². The van der Waals surface area contributed by atoms with Gasteiger partial charge in [0, 0.05) is 12.3 Å². The number of halogens is 1. The summed E-state index contributed by atoms with van der Waals surface area (Å²) in [6.45, 7) is 1.76. The van der Waals surface area contributed by atoms with Crippen LogP contribution in [0.5, 0.6) is 5.75 Å². The van der Waals surface area contributed by atoms with E-state index in [1.807, 2.05) is 0 Å². The summed E-state index contributed by atoms with van der Waals surface area (Å²) in [5, 5.41) is 13.8. The quantitative estimate of drug-likeness (QED) is 0.675. The van der Waals surface area contributed by atoms with E-state index in [9.17, 15) is 14.5 Å². The van der Waals surface area contributed by atoms with Crippen LogP contribution in [-0.2, 0) is 0 Å². The predicted octanol–water partition coefficient (Wildman–Crippen LogP) is 3.31. The molecule has 110 valence electrons. The van der Waals surface area contributed by atoms with Crippen molar-refractivity contribution in [2.75, 3.05) is 12.4 Å². The molecule has 2 aromatic rings. The highest BCUT2D eigenvalue weighted by Crippen LogP contribution is 2.27. The van der Waals surface area contributed by atoms with Crippen molar-refractivity contribution in [1.82, 2.24) is 4.98 Å². The molecule has 2 rings (SSSR count). The fourth-order valence-electron chi connectivity index (χ4n) is 1.90. The first-order valence-corrected chi connectivity index (χ1v) is 6.22. The van der Waals surface area contributed by atoms with Gasteiger partial charge in [0.25, 0.3) is 0 Å². The van der Waals surface area contributed by atoms with E-state index in [0.717, 1.165) is 0 Å². The minimum Gasteiger partial charge on any atom is -0.494 e. The molecule has 0 amide bonds. The summed E-state index contributed by atoms with van der Waals surface area (Å²) in [4.78, 5) is 14.4. The van der Waals surface area contributed by atoms with Crippen molar-refractivity contribution in [3.63, 3.8) is 0 Å². The van der Waals surface area contributed by atoms with Crippen molar-refractivity contribution in [1.29, 1.82) is 0 Å². The molecule has 21 heavy (non-hydrogen) atoms. The van der Waals surface area contributed by atoms with Crippen molar-refractivity contribution in [3.8, 4) is 5.75 Å². The summed E-state index contributed by atoms with van der Waals surface area (Å²) in [6.07, 6.45) is 1.46. The second-order valence-corrected chi connectivity index (χ2v) is 4.39. The van der Waals surface area contributed by atoms with Gasteiger partial charge in [0.1, 0.15) is 0 Å². The lowest BCUT2D eigenvalue weighted by Gasteiger charge is -2.15. The van der Waals surface area contributed by atoms with Crippen molar-refractivity contribution in [2.24, 2.45) is 0 Å². The zero-order valence-electron chi connectivity index (χ0n) is 11.5. The third kappa shape index (κ3) is 3.25. The number of pyridine rings is 1. The Labute approximate surface area is 120 Å². The molecule has 0 fully saturated rings. The standard InChI is InChI=1S/C14H14FN3O3/c1-9(10-5-6-13(21-2)11(15)8-10)17-14-12(18(19)20)4-3-7-16-14/h3-9H,1-2H3,(H,16,17). The number of ether oxygens (including phenoxy) is 1. The van der Waals surface area contributed by atoms with Crippen LogP contribution in [0.2, 0.25) is 0 Å². The summed E-state index contributed by atoms with van der Waals surface area (Å²) < 4.78 is 18.5. The van der Waals surface area contributed by atoms with Gasteiger partial charge in [-0.1, -0.05) is 6.07 Å². The van der Waals surface area contributed by atoms with Crippen molar-refractivity contribution in [2.45, 2.75) is 13.0 Å². The Morgan fingerprint density at radius 1 is 1.43 bits per heavy atom. The molecule has 0 saturated heterocycles. The monoisotopic (exact) mass is 291 g/mol. The van der Waals surface area contributed by atoms with Crippen LogP contribution in [-0.4, -0.2) is 17.0 Å². The molecule has 1 heterocycles. The highest BCUT2D eigenvalue weighted by molar-refractivity contribution is 5.56. The largest absolute Gasteiger partial charge is 0.494 e. The number of aromatic nitrogens is 1. The molecule has 1 aromatic heterocycles. The van der Waals surface area contributed by atoms with E-state index >= 15 is 0 Å². The average Bonchev–Trinajstić information content (AvgIpc) is 2.47. The molecule has 0 saturated carbocycles. The van der Waals surface area contributed by atoms with Gasteiger partial charge in [0.15, 0.2) is 11.6 Å². The average molecular weight is 291 g/mol. The Bertz CT molecular complexity index is 664.